The van der Waals surface area contributed by atoms with Gasteiger partial charge in [-0.1, -0.05) is 6.07 Å². The molecule has 0 saturated carbocycles. The van der Waals surface area contributed by atoms with Crippen LogP contribution in [0, 0.1) is 5.82 Å². The molecule has 0 bridgehead atoms. The van der Waals surface area contributed by atoms with Crippen molar-refractivity contribution in [3.05, 3.63) is 71.3 Å². The first-order valence-corrected chi connectivity index (χ1v) is 11.7. The summed E-state index contributed by atoms with van der Waals surface area (Å²) < 4.78 is 24.1. The molecule has 2 aromatic carbocycles. The fourth-order valence-corrected chi connectivity index (χ4v) is 4.69. The van der Waals surface area contributed by atoms with Crippen molar-refractivity contribution >= 4 is 11.6 Å². The molecule has 1 aromatic heterocycles. The van der Waals surface area contributed by atoms with Crippen LogP contribution < -0.4 is 19.3 Å². The second kappa shape index (κ2) is 9.85. The number of nitrogens with zero attached hydrogens (tertiary/aromatic N) is 5. The molecule has 5 rings (SSSR count). The number of fused-ring (bicyclic) bond motifs is 1. The van der Waals surface area contributed by atoms with Gasteiger partial charge in [-0.15, -0.1) is 0 Å². The number of methoxy groups -OCH3 is 2. The summed E-state index contributed by atoms with van der Waals surface area (Å²) in [5.41, 5.74) is 4.53. The van der Waals surface area contributed by atoms with E-state index >= 15 is 0 Å². The second-order valence-corrected chi connectivity index (χ2v) is 8.73. The van der Waals surface area contributed by atoms with Crippen molar-refractivity contribution < 1.29 is 13.9 Å². The van der Waals surface area contributed by atoms with Gasteiger partial charge < -0.3 is 19.3 Å². The average Bonchev–Trinajstić information content (AvgIpc) is 2.89. The zero-order chi connectivity index (χ0) is 23.5. The van der Waals surface area contributed by atoms with Gasteiger partial charge in [-0.3, -0.25) is 4.90 Å². The van der Waals surface area contributed by atoms with Crippen molar-refractivity contribution in [3.8, 4) is 11.5 Å². The Morgan fingerprint density at radius 3 is 2.41 bits per heavy atom. The molecule has 0 radical (unpaired) electrons. The lowest BCUT2D eigenvalue weighted by molar-refractivity contribution is 0.239. The summed E-state index contributed by atoms with van der Waals surface area (Å²) in [6.45, 7) is 5.99. The Labute approximate surface area is 199 Å². The molecule has 1 fully saturated rings. The van der Waals surface area contributed by atoms with Crippen LogP contribution in [0.2, 0.25) is 0 Å². The minimum absolute atomic E-state index is 0.202. The molecule has 34 heavy (non-hydrogen) atoms. The van der Waals surface area contributed by atoms with E-state index in [1.165, 1.54) is 17.7 Å². The highest BCUT2D eigenvalue weighted by Gasteiger charge is 2.23. The summed E-state index contributed by atoms with van der Waals surface area (Å²) in [5.74, 6) is 2.25. The number of benzene rings is 2. The molecular weight excluding hydrogens is 433 g/mol. The van der Waals surface area contributed by atoms with Gasteiger partial charge in [0, 0.05) is 81.3 Å². The number of piperazine rings is 1. The molecule has 3 aromatic rings. The van der Waals surface area contributed by atoms with Crippen LogP contribution in [0.4, 0.5) is 16.0 Å². The molecule has 0 unspecified atom stereocenters. The van der Waals surface area contributed by atoms with Crippen LogP contribution in [0.5, 0.6) is 11.5 Å². The smallest absolute Gasteiger partial charge is 0.225 e. The third kappa shape index (κ3) is 4.77. The van der Waals surface area contributed by atoms with E-state index in [4.69, 9.17) is 19.4 Å². The lowest BCUT2D eigenvalue weighted by Gasteiger charge is -2.36. The SMILES string of the molecule is COc1ccc(CN2CCc3nc(N4CCN(c5ccc(F)cc5)CC4)ncc3C2)c(OC)c1. The molecule has 0 aliphatic carbocycles. The average molecular weight is 464 g/mol. The molecular formula is C26H30FN5O2. The molecule has 2 aliphatic rings. The van der Waals surface area contributed by atoms with Crippen molar-refractivity contribution in [2.24, 2.45) is 0 Å². The van der Waals surface area contributed by atoms with Crippen LogP contribution >= 0.6 is 0 Å². The monoisotopic (exact) mass is 463 g/mol. The Hall–Kier alpha value is -3.39. The van der Waals surface area contributed by atoms with Gasteiger partial charge in [0.25, 0.3) is 0 Å². The quantitative estimate of drug-likeness (QED) is 0.555. The number of ether oxygens (including phenoxy) is 2. The van der Waals surface area contributed by atoms with Crippen LogP contribution in [0.25, 0.3) is 0 Å². The third-order valence-electron chi connectivity index (χ3n) is 6.64. The highest BCUT2D eigenvalue weighted by molar-refractivity contribution is 5.48. The number of hydrogen-bond donors (Lipinski definition) is 0. The predicted octanol–water partition coefficient (Wildman–Crippen LogP) is 3.52. The Morgan fingerprint density at radius 1 is 0.912 bits per heavy atom. The highest BCUT2D eigenvalue weighted by Crippen LogP contribution is 2.28. The van der Waals surface area contributed by atoms with Gasteiger partial charge in [0.2, 0.25) is 5.95 Å². The summed E-state index contributed by atoms with van der Waals surface area (Å²) >= 11 is 0. The number of aromatic nitrogens is 2. The van der Waals surface area contributed by atoms with Crippen molar-refractivity contribution in [2.45, 2.75) is 19.5 Å². The summed E-state index contributed by atoms with van der Waals surface area (Å²) in [7, 11) is 3.36. The Kier molecular flexibility index (Phi) is 6.49. The van der Waals surface area contributed by atoms with Crippen molar-refractivity contribution in [3.63, 3.8) is 0 Å². The highest BCUT2D eigenvalue weighted by atomic mass is 19.1. The summed E-state index contributed by atoms with van der Waals surface area (Å²) in [4.78, 5) is 16.5. The standard InChI is InChI=1S/C26H30FN5O2/c1-33-23-8-3-19(25(15-23)34-2)17-30-10-9-24-20(18-30)16-28-26(29-24)32-13-11-31(12-14-32)22-6-4-21(27)5-7-22/h3-8,15-16H,9-14,17-18H2,1-2H3. The maximum Gasteiger partial charge on any atom is 0.225 e. The topological polar surface area (TPSA) is 54.0 Å². The first-order valence-electron chi connectivity index (χ1n) is 11.7. The van der Waals surface area contributed by atoms with E-state index < -0.39 is 0 Å². The van der Waals surface area contributed by atoms with E-state index in [2.05, 4.69) is 20.8 Å². The van der Waals surface area contributed by atoms with Gasteiger partial charge in [-0.05, 0) is 30.3 Å². The van der Waals surface area contributed by atoms with Crippen LogP contribution in [-0.4, -0.2) is 61.8 Å². The molecule has 0 amide bonds. The lowest BCUT2D eigenvalue weighted by atomic mass is 10.1. The Balaban J connectivity index is 1.21. The maximum absolute atomic E-state index is 13.2. The van der Waals surface area contributed by atoms with E-state index in [1.807, 2.05) is 30.5 Å². The molecule has 1 saturated heterocycles. The fraction of sp³-hybridized carbons (Fsp3) is 0.385. The van der Waals surface area contributed by atoms with E-state index in [9.17, 15) is 4.39 Å². The van der Waals surface area contributed by atoms with E-state index in [-0.39, 0.29) is 5.82 Å². The molecule has 178 valence electrons. The maximum atomic E-state index is 13.2. The molecule has 0 N–H and O–H groups in total. The molecule has 3 heterocycles. The van der Waals surface area contributed by atoms with Crippen LogP contribution in [0.1, 0.15) is 16.8 Å². The molecule has 0 spiro atoms. The van der Waals surface area contributed by atoms with Gasteiger partial charge in [-0.25, -0.2) is 14.4 Å². The minimum atomic E-state index is -0.202. The normalized spacial score (nSPS) is 16.3. The third-order valence-corrected chi connectivity index (χ3v) is 6.64. The first-order chi connectivity index (χ1) is 16.6. The number of halogens is 1. The van der Waals surface area contributed by atoms with E-state index in [1.54, 1.807) is 14.2 Å². The number of rotatable bonds is 6. The van der Waals surface area contributed by atoms with E-state index in [0.29, 0.717) is 0 Å². The van der Waals surface area contributed by atoms with Gasteiger partial charge >= 0.3 is 0 Å². The Bertz CT molecular complexity index is 1130. The van der Waals surface area contributed by atoms with Gasteiger partial charge in [-0.2, -0.15) is 0 Å². The predicted molar refractivity (Wildman–Crippen MR) is 130 cm³/mol. The molecule has 7 nitrogen and oxygen atoms in total. The van der Waals surface area contributed by atoms with Crippen LogP contribution in [-0.2, 0) is 19.5 Å². The van der Waals surface area contributed by atoms with Crippen molar-refractivity contribution in [1.82, 2.24) is 14.9 Å². The van der Waals surface area contributed by atoms with Gasteiger partial charge in [0.05, 0.1) is 19.9 Å². The first kappa shape index (κ1) is 22.4. The second-order valence-electron chi connectivity index (χ2n) is 8.73. The summed E-state index contributed by atoms with van der Waals surface area (Å²) in [5, 5.41) is 0. The lowest BCUT2D eigenvalue weighted by Crippen LogP contribution is -2.47. The number of anilines is 2. The van der Waals surface area contributed by atoms with Crippen LogP contribution in [0.3, 0.4) is 0 Å². The van der Waals surface area contributed by atoms with Crippen molar-refractivity contribution in [1.29, 1.82) is 0 Å². The van der Waals surface area contributed by atoms with Gasteiger partial charge in [0.15, 0.2) is 0 Å². The number of hydrogen-bond acceptors (Lipinski definition) is 7. The van der Waals surface area contributed by atoms with Gasteiger partial charge in [0.1, 0.15) is 17.3 Å². The van der Waals surface area contributed by atoms with Crippen LogP contribution in [0.15, 0.2) is 48.7 Å². The molecule has 8 heteroatoms. The Morgan fingerprint density at radius 2 is 1.68 bits per heavy atom. The van der Waals surface area contributed by atoms with E-state index in [0.717, 1.165) is 86.6 Å². The zero-order valence-electron chi connectivity index (χ0n) is 19.7. The molecule has 0 atom stereocenters. The largest absolute Gasteiger partial charge is 0.497 e. The minimum Gasteiger partial charge on any atom is -0.497 e. The van der Waals surface area contributed by atoms with Crippen molar-refractivity contribution in [2.75, 3.05) is 56.7 Å². The summed E-state index contributed by atoms with van der Waals surface area (Å²) in [6, 6.07) is 12.7. The molecule has 2 aliphatic heterocycles. The summed E-state index contributed by atoms with van der Waals surface area (Å²) in [6.07, 6.45) is 2.89. The fourth-order valence-electron chi connectivity index (χ4n) is 4.69. The zero-order valence-corrected chi connectivity index (χ0v) is 19.7.